The topological polar surface area (TPSA) is 66.5 Å². The Morgan fingerprint density at radius 3 is 2.38 bits per heavy atom. The zero-order valence-corrected chi connectivity index (χ0v) is 15.4. The van der Waals surface area contributed by atoms with Crippen molar-refractivity contribution in [2.75, 3.05) is 13.1 Å². The van der Waals surface area contributed by atoms with Crippen molar-refractivity contribution in [1.29, 1.82) is 0 Å². The van der Waals surface area contributed by atoms with Crippen molar-refractivity contribution in [1.82, 2.24) is 9.62 Å². The second kappa shape index (κ2) is 7.73. The summed E-state index contributed by atoms with van der Waals surface area (Å²) in [7, 11) is -3.60. The van der Waals surface area contributed by atoms with Crippen molar-refractivity contribution in [3.8, 4) is 0 Å². The minimum absolute atomic E-state index is 0.127. The number of nitrogens with one attached hydrogen (secondary N) is 1. The van der Waals surface area contributed by atoms with Crippen LogP contribution in [-0.4, -0.2) is 37.8 Å². The van der Waals surface area contributed by atoms with E-state index in [4.69, 9.17) is 11.6 Å². The molecule has 2 aromatic rings. The summed E-state index contributed by atoms with van der Waals surface area (Å²) < 4.78 is 39.7. The first-order valence-electron chi connectivity index (χ1n) is 8.18. The van der Waals surface area contributed by atoms with Crippen LogP contribution < -0.4 is 5.32 Å². The number of hydrogen-bond donors (Lipinski definition) is 1. The van der Waals surface area contributed by atoms with E-state index >= 15 is 0 Å². The zero-order chi connectivity index (χ0) is 18.7. The molecule has 1 aliphatic rings. The Hall–Kier alpha value is -1.96. The Bertz CT molecular complexity index is 895. The van der Waals surface area contributed by atoms with Crippen molar-refractivity contribution in [2.45, 2.75) is 23.8 Å². The molecule has 1 fully saturated rings. The third-order valence-corrected chi connectivity index (χ3v) is 6.46. The fourth-order valence-electron chi connectivity index (χ4n) is 2.89. The molecule has 138 valence electrons. The monoisotopic (exact) mass is 396 g/mol. The van der Waals surface area contributed by atoms with Gasteiger partial charge in [0, 0.05) is 29.7 Å². The van der Waals surface area contributed by atoms with E-state index in [0.717, 1.165) is 0 Å². The third-order valence-electron chi connectivity index (χ3n) is 4.33. The van der Waals surface area contributed by atoms with E-state index in [9.17, 15) is 17.6 Å². The SMILES string of the molecule is O=C(NC1CCN(S(=O)(=O)c2cccc(Cl)c2)CC1)c1ccc(F)cc1. The van der Waals surface area contributed by atoms with Gasteiger partial charge in [-0.15, -0.1) is 0 Å². The molecular weight excluding hydrogens is 379 g/mol. The highest BCUT2D eigenvalue weighted by Gasteiger charge is 2.30. The highest BCUT2D eigenvalue weighted by Crippen LogP contribution is 2.23. The summed E-state index contributed by atoms with van der Waals surface area (Å²) in [6.07, 6.45) is 1.01. The standard InChI is InChI=1S/C18H18ClFN2O3S/c19-14-2-1-3-17(12-14)26(24,25)22-10-8-16(9-11-22)21-18(23)13-4-6-15(20)7-5-13/h1-7,12,16H,8-11H2,(H,21,23). The number of benzene rings is 2. The molecule has 2 aromatic carbocycles. The van der Waals surface area contributed by atoms with E-state index in [1.807, 2.05) is 0 Å². The number of nitrogens with zero attached hydrogens (tertiary/aromatic N) is 1. The van der Waals surface area contributed by atoms with Crippen LogP contribution in [0.3, 0.4) is 0 Å². The highest BCUT2D eigenvalue weighted by atomic mass is 35.5. The maximum atomic E-state index is 12.9. The van der Waals surface area contributed by atoms with Gasteiger partial charge in [0.25, 0.3) is 5.91 Å². The van der Waals surface area contributed by atoms with Gasteiger partial charge in [-0.25, -0.2) is 12.8 Å². The number of hydrogen-bond acceptors (Lipinski definition) is 3. The van der Waals surface area contributed by atoms with Gasteiger partial charge < -0.3 is 5.32 Å². The minimum Gasteiger partial charge on any atom is -0.349 e. The first kappa shape index (κ1) is 18.8. The van der Waals surface area contributed by atoms with E-state index in [1.165, 1.54) is 40.7 Å². The van der Waals surface area contributed by atoms with Crippen molar-refractivity contribution in [2.24, 2.45) is 0 Å². The molecule has 0 atom stereocenters. The lowest BCUT2D eigenvalue weighted by atomic mass is 10.1. The first-order chi connectivity index (χ1) is 12.4. The second-order valence-corrected chi connectivity index (χ2v) is 8.49. The van der Waals surface area contributed by atoms with Crippen molar-refractivity contribution in [3.63, 3.8) is 0 Å². The average Bonchev–Trinajstić information content (AvgIpc) is 2.62. The molecule has 8 heteroatoms. The van der Waals surface area contributed by atoms with Crippen molar-refractivity contribution in [3.05, 3.63) is 64.9 Å². The van der Waals surface area contributed by atoms with Gasteiger partial charge in [0.15, 0.2) is 0 Å². The number of rotatable bonds is 4. The van der Waals surface area contributed by atoms with E-state index in [0.29, 0.717) is 36.5 Å². The Balaban J connectivity index is 1.60. The van der Waals surface area contributed by atoms with E-state index in [1.54, 1.807) is 12.1 Å². The molecule has 1 saturated heterocycles. The molecule has 0 unspecified atom stereocenters. The van der Waals surface area contributed by atoms with Crippen molar-refractivity contribution < 1.29 is 17.6 Å². The Morgan fingerprint density at radius 1 is 1.12 bits per heavy atom. The summed E-state index contributed by atoms with van der Waals surface area (Å²) in [4.78, 5) is 12.3. The first-order valence-corrected chi connectivity index (χ1v) is 10.0. The Labute approximate surface area is 156 Å². The van der Waals surface area contributed by atoms with Gasteiger partial charge in [0.1, 0.15) is 5.82 Å². The van der Waals surface area contributed by atoms with Gasteiger partial charge in [-0.3, -0.25) is 4.79 Å². The van der Waals surface area contributed by atoms with Gasteiger partial charge in [-0.2, -0.15) is 4.31 Å². The molecule has 1 amide bonds. The molecule has 0 aromatic heterocycles. The van der Waals surface area contributed by atoms with Crippen LogP contribution in [0.25, 0.3) is 0 Å². The van der Waals surface area contributed by atoms with Crippen LogP contribution in [0.2, 0.25) is 5.02 Å². The Morgan fingerprint density at radius 2 is 1.77 bits per heavy atom. The molecule has 0 bridgehead atoms. The average molecular weight is 397 g/mol. The van der Waals surface area contributed by atoms with E-state index in [-0.39, 0.29) is 16.8 Å². The molecule has 5 nitrogen and oxygen atoms in total. The number of carbonyl (C=O) groups is 1. The normalized spacial score (nSPS) is 16.4. The highest BCUT2D eigenvalue weighted by molar-refractivity contribution is 7.89. The number of carbonyl (C=O) groups excluding carboxylic acids is 1. The lowest BCUT2D eigenvalue weighted by molar-refractivity contribution is 0.0924. The summed E-state index contributed by atoms with van der Waals surface area (Å²) in [5.41, 5.74) is 0.375. The molecular formula is C18H18ClFN2O3S. The molecule has 1 heterocycles. The quantitative estimate of drug-likeness (QED) is 0.863. The van der Waals surface area contributed by atoms with Gasteiger partial charge >= 0.3 is 0 Å². The van der Waals surface area contributed by atoms with Gasteiger partial charge in [0.2, 0.25) is 10.0 Å². The summed E-state index contributed by atoms with van der Waals surface area (Å²) in [6.45, 7) is 0.617. The molecule has 26 heavy (non-hydrogen) atoms. The van der Waals surface area contributed by atoms with Gasteiger partial charge in [0.05, 0.1) is 4.90 Å². The number of piperidine rings is 1. The molecule has 0 spiro atoms. The van der Waals surface area contributed by atoms with Crippen molar-refractivity contribution >= 4 is 27.5 Å². The predicted molar refractivity (Wildman–Crippen MR) is 97.1 cm³/mol. The molecule has 3 rings (SSSR count). The summed E-state index contributed by atoms with van der Waals surface area (Å²) in [5.74, 6) is -0.692. The maximum Gasteiger partial charge on any atom is 0.251 e. The molecule has 1 aliphatic heterocycles. The largest absolute Gasteiger partial charge is 0.349 e. The van der Waals surface area contributed by atoms with Crippen LogP contribution in [0.15, 0.2) is 53.4 Å². The van der Waals surface area contributed by atoms with E-state index < -0.39 is 15.8 Å². The fraction of sp³-hybridized carbons (Fsp3) is 0.278. The molecule has 1 N–H and O–H groups in total. The lowest BCUT2D eigenvalue weighted by Gasteiger charge is -2.31. The summed E-state index contributed by atoms with van der Waals surface area (Å²) >= 11 is 5.88. The van der Waals surface area contributed by atoms with Crippen LogP contribution in [0, 0.1) is 5.82 Å². The van der Waals surface area contributed by atoms with Crippen LogP contribution in [0.5, 0.6) is 0 Å². The smallest absolute Gasteiger partial charge is 0.251 e. The minimum atomic E-state index is -3.60. The number of halogens is 2. The maximum absolute atomic E-state index is 12.9. The zero-order valence-electron chi connectivity index (χ0n) is 13.9. The lowest BCUT2D eigenvalue weighted by Crippen LogP contribution is -2.46. The Kier molecular flexibility index (Phi) is 5.60. The van der Waals surface area contributed by atoms with Crippen LogP contribution >= 0.6 is 11.6 Å². The van der Waals surface area contributed by atoms with Gasteiger partial charge in [-0.1, -0.05) is 17.7 Å². The predicted octanol–water partition coefficient (Wildman–Crippen LogP) is 3.06. The molecule has 0 aliphatic carbocycles. The van der Waals surface area contributed by atoms with Gasteiger partial charge in [-0.05, 0) is 55.3 Å². The fourth-order valence-corrected chi connectivity index (χ4v) is 4.66. The molecule has 0 saturated carbocycles. The summed E-state index contributed by atoms with van der Waals surface area (Å²) in [5, 5.41) is 3.24. The van der Waals surface area contributed by atoms with Crippen LogP contribution in [-0.2, 0) is 10.0 Å². The third kappa shape index (κ3) is 4.23. The number of sulfonamides is 1. The number of amides is 1. The molecule has 0 radical (unpaired) electrons. The summed E-state index contributed by atoms with van der Waals surface area (Å²) in [6, 6.07) is 11.3. The van der Waals surface area contributed by atoms with E-state index in [2.05, 4.69) is 5.32 Å². The van der Waals surface area contributed by atoms with Crippen LogP contribution in [0.4, 0.5) is 4.39 Å². The second-order valence-electron chi connectivity index (χ2n) is 6.12. The van der Waals surface area contributed by atoms with Crippen LogP contribution in [0.1, 0.15) is 23.2 Å².